The van der Waals surface area contributed by atoms with Crippen LogP contribution in [0.5, 0.6) is 0 Å². The Labute approximate surface area is 101 Å². The summed E-state index contributed by atoms with van der Waals surface area (Å²) in [7, 11) is 0. The van der Waals surface area contributed by atoms with Crippen molar-refractivity contribution >= 4 is 34.2 Å². The standard InChI is InChI=1S/C10H6ClN3OS/c1-16-10-13-4-5-2-7(15)6(3-12)8(11)9(5)14-10/h4H,2H2,1H3. The summed E-state index contributed by atoms with van der Waals surface area (Å²) in [6.45, 7) is 0. The van der Waals surface area contributed by atoms with Crippen LogP contribution in [0.1, 0.15) is 11.3 Å². The molecule has 0 atom stereocenters. The SMILES string of the molecule is CSc1ncc2c(n1)C(Cl)=C(C#N)C(=O)C2. The molecule has 0 fully saturated rings. The minimum Gasteiger partial charge on any atom is -0.293 e. The first-order valence-corrected chi connectivity index (χ1v) is 6.01. The summed E-state index contributed by atoms with van der Waals surface area (Å²) in [6, 6.07) is 1.81. The predicted molar refractivity (Wildman–Crippen MR) is 60.9 cm³/mol. The van der Waals surface area contributed by atoms with Gasteiger partial charge in [0.15, 0.2) is 10.9 Å². The lowest BCUT2D eigenvalue weighted by Gasteiger charge is -2.13. The molecule has 0 amide bonds. The average Bonchev–Trinajstić information content (AvgIpc) is 2.29. The fourth-order valence-corrected chi connectivity index (χ4v) is 2.07. The molecule has 0 saturated carbocycles. The number of rotatable bonds is 1. The van der Waals surface area contributed by atoms with Gasteiger partial charge in [0.1, 0.15) is 11.6 Å². The minimum absolute atomic E-state index is 0.0140. The Bertz CT molecular complexity index is 547. The first kappa shape index (κ1) is 11.1. The molecule has 1 aliphatic rings. The highest BCUT2D eigenvalue weighted by molar-refractivity contribution is 7.98. The van der Waals surface area contributed by atoms with Gasteiger partial charge < -0.3 is 0 Å². The van der Waals surface area contributed by atoms with Crippen molar-refractivity contribution in [2.75, 3.05) is 6.26 Å². The maximum absolute atomic E-state index is 11.5. The summed E-state index contributed by atoms with van der Waals surface area (Å²) in [5, 5.41) is 9.53. The van der Waals surface area contributed by atoms with Crippen LogP contribution in [0.25, 0.3) is 5.03 Å². The lowest BCUT2D eigenvalue weighted by molar-refractivity contribution is -0.114. The first-order valence-electron chi connectivity index (χ1n) is 4.40. The van der Waals surface area contributed by atoms with Crippen LogP contribution >= 0.6 is 23.4 Å². The third kappa shape index (κ3) is 1.70. The fraction of sp³-hybridized carbons (Fsp3) is 0.200. The number of carbonyl (C=O) groups is 1. The number of allylic oxidation sites excluding steroid dienone is 1. The van der Waals surface area contributed by atoms with Gasteiger partial charge in [-0.25, -0.2) is 9.97 Å². The Morgan fingerprint density at radius 1 is 1.62 bits per heavy atom. The van der Waals surface area contributed by atoms with E-state index in [0.717, 1.165) is 0 Å². The Morgan fingerprint density at radius 2 is 2.38 bits per heavy atom. The second kappa shape index (κ2) is 4.24. The molecule has 0 N–H and O–H groups in total. The molecular formula is C10H6ClN3OS. The number of carbonyl (C=O) groups excluding carboxylic acids is 1. The van der Waals surface area contributed by atoms with E-state index in [2.05, 4.69) is 9.97 Å². The molecule has 0 unspecified atom stereocenters. The molecule has 6 heteroatoms. The minimum atomic E-state index is -0.277. The quantitative estimate of drug-likeness (QED) is 0.562. The van der Waals surface area contributed by atoms with Gasteiger partial charge in [-0.05, 0) is 6.26 Å². The number of hydrogen-bond donors (Lipinski definition) is 0. The summed E-state index contributed by atoms with van der Waals surface area (Å²) in [5.74, 6) is -0.277. The summed E-state index contributed by atoms with van der Waals surface area (Å²) >= 11 is 7.36. The monoisotopic (exact) mass is 251 g/mol. The largest absolute Gasteiger partial charge is 0.293 e. The molecule has 0 radical (unpaired) electrons. The zero-order valence-electron chi connectivity index (χ0n) is 8.32. The van der Waals surface area contributed by atoms with Gasteiger partial charge in [0, 0.05) is 18.2 Å². The maximum Gasteiger partial charge on any atom is 0.187 e. The number of halogens is 1. The number of hydrogen-bond acceptors (Lipinski definition) is 5. The number of aromatic nitrogens is 2. The number of Topliss-reactive ketones (excluding diaryl/α,β-unsaturated/α-hetero) is 1. The molecule has 0 aromatic carbocycles. The van der Waals surface area contributed by atoms with Crippen LogP contribution in [0, 0.1) is 11.3 Å². The van der Waals surface area contributed by atoms with Crippen molar-refractivity contribution in [2.24, 2.45) is 0 Å². The Balaban J connectivity index is 2.64. The van der Waals surface area contributed by atoms with Crippen LogP contribution in [-0.4, -0.2) is 22.0 Å². The topological polar surface area (TPSA) is 66.6 Å². The summed E-state index contributed by atoms with van der Waals surface area (Å²) in [4.78, 5) is 19.8. The second-order valence-electron chi connectivity index (χ2n) is 3.13. The number of ketones is 1. The van der Waals surface area contributed by atoms with E-state index in [0.29, 0.717) is 16.4 Å². The zero-order valence-corrected chi connectivity index (χ0v) is 9.89. The molecule has 0 aliphatic heterocycles. The molecule has 0 spiro atoms. The highest BCUT2D eigenvalue weighted by atomic mass is 35.5. The summed E-state index contributed by atoms with van der Waals surface area (Å²) in [5.41, 5.74) is 1.16. The normalized spacial score (nSPS) is 14.7. The van der Waals surface area contributed by atoms with Gasteiger partial charge in [0.2, 0.25) is 0 Å². The fourth-order valence-electron chi connectivity index (χ4n) is 1.42. The van der Waals surface area contributed by atoms with Crippen LogP contribution < -0.4 is 0 Å². The lowest BCUT2D eigenvalue weighted by Crippen LogP contribution is -2.15. The Hall–Kier alpha value is -1.38. The van der Waals surface area contributed by atoms with Crippen molar-refractivity contribution in [1.29, 1.82) is 5.26 Å². The Morgan fingerprint density at radius 3 is 3.00 bits per heavy atom. The van der Waals surface area contributed by atoms with E-state index in [1.54, 1.807) is 6.20 Å². The van der Waals surface area contributed by atoms with Gasteiger partial charge in [0.25, 0.3) is 0 Å². The summed E-state index contributed by atoms with van der Waals surface area (Å²) in [6.07, 6.45) is 3.57. The number of fused-ring (bicyclic) bond motifs is 1. The molecule has 16 heavy (non-hydrogen) atoms. The van der Waals surface area contributed by atoms with Gasteiger partial charge in [0.05, 0.1) is 10.7 Å². The molecule has 1 aliphatic carbocycles. The van der Waals surface area contributed by atoms with Crippen molar-refractivity contribution in [3.8, 4) is 6.07 Å². The van der Waals surface area contributed by atoms with Crippen molar-refractivity contribution in [2.45, 2.75) is 11.6 Å². The molecule has 0 bridgehead atoms. The Kier molecular flexibility index (Phi) is 2.95. The van der Waals surface area contributed by atoms with Gasteiger partial charge in [-0.15, -0.1) is 0 Å². The van der Waals surface area contributed by atoms with Gasteiger partial charge in [-0.2, -0.15) is 5.26 Å². The average molecular weight is 252 g/mol. The summed E-state index contributed by atoms with van der Waals surface area (Å²) < 4.78 is 0. The highest BCUT2D eigenvalue weighted by Crippen LogP contribution is 2.31. The van der Waals surface area contributed by atoms with Crippen LogP contribution in [0.15, 0.2) is 16.9 Å². The van der Waals surface area contributed by atoms with Crippen LogP contribution in [-0.2, 0) is 11.2 Å². The van der Waals surface area contributed by atoms with E-state index in [-0.39, 0.29) is 22.8 Å². The highest BCUT2D eigenvalue weighted by Gasteiger charge is 2.26. The van der Waals surface area contributed by atoms with E-state index in [4.69, 9.17) is 16.9 Å². The molecule has 2 rings (SSSR count). The van der Waals surface area contributed by atoms with Gasteiger partial charge in [-0.3, -0.25) is 4.79 Å². The van der Waals surface area contributed by atoms with Crippen molar-refractivity contribution in [3.05, 3.63) is 23.0 Å². The predicted octanol–water partition coefficient (Wildman–Crippen LogP) is 1.80. The van der Waals surface area contributed by atoms with E-state index in [1.807, 2.05) is 12.3 Å². The molecular weight excluding hydrogens is 246 g/mol. The zero-order chi connectivity index (χ0) is 11.7. The van der Waals surface area contributed by atoms with Crippen molar-refractivity contribution < 1.29 is 4.79 Å². The van der Waals surface area contributed by atoms with Gasteiger partial charge >= 0.3 is 0 Å². The van der Waals surface area contributed by atoms with E-state index >= 15 is 0 Å². The first-order chi connectivity index (χ1) is 7.67. The number of thioether (sulfide) groups is 1. The van der Waals surface area contributed by atoms with E-state index in [1.165, 1.54) is 11.8 Å². The molecule has 1 heterocycles. The van der Waals surface area contributed by atoms with Crippen LogP contribution in [0.3, 0.4) is 0 Å². The van der Waals surface area contributed by atoms with E-state index < -0.39 is 0 Å². The van der Waals surface area contributed by atoms with Crippen molar-refractivity contribution in [1.82, 2.24) is 9.97 Å². The number of nitrogens with zero attached hydrogens (tertiary/aromatic N) is 3. The molecule has 80 valence electrons. The smallest absolute Gasteiger partial charge is 0.187 e. The van der Waals surface area contributed by atoms with Gasteiger partial charge in [-0.1, -0.05) is 23.4 Å². The molecule has 0 saturated heterocycles. The third-order valence-electron chi connectivity index (χ3n) is 2.19. The van der Waals surface area contributed by atoms with Crippen LogP contribution in [0.2, 0.25) is 0 Å². The van der Waals surface area contributed by atoms with E-state index in [9.17, 15) is 4.79 Å². The van der Waals surface area contributed by atoms with Crippen molar-refractivity contribution in [3.63, 3.8) is 0 Å². The molecule has 4 nitrogen and oxygen atoms in total. The molecule has 1 aromatic rings. The van der Waals surface area contributed by atoms with Crippen LogP contribution in [0.4, 0.5) is 0 Å². The lowest BCUT2D eigenvalue weighted by atomic mass is 9.96. The second-order valence-corrected chi connectivity index (χ2v) is 4.28. The number of nitriles is 1. The molecule has 1 aromatic heterocycles. The maximum atomic E-state index is 11.5. The third-order valence-corrected chi connectivity index (χ3v) is 3.12.